The lowest BCUT2D eigenvalue weighted by molar-refractivity contribution is -0.150. The maximum absolute atomic E-state index is 12.0. The molecule has 0 aromatic heterocycles. The van der Waals surface area contributed by atoms with Crippen molar-refractivity contribution in [1.29, 1.82) is 0 Å². The first kappa shape index (κ1) is 20.2. The number of esters is 3. The van der Waals surface area contributed by atoms with Crippen molar-refractivity contribution in [1.82, 2.24) is 4.90 Å². The van der Waals surface area contributed by atoms with Crippen LogP contribution in [0.1, 0.15) is 40.0 Å². The third-order valence-electron chi connectivity index (χ3n) is 4.87. The summed E-state index contributed by atoms with van der Waals surface area (Å²) in [7, 11) is 3.26. The summed E-state index contributed by atoms with van der Waals surface area (Å²) >= 11 is 0. The minimum Gasteiger partial charge on any atom is -0.466 e. The van der Waals surface area contributed by atoms with Crippen LogP contribution in [-0.2, 0) is 28.6 Å². The van der Waals surface area contributed by atoms with Gasteiger partial charge in [0.15, 0.2) is 0 Å². The zero-order valence-electron chi connectivity index (χ0n) is 16.0. The summed E-state index contributed by atoms with van der Waals surface area (Å²) in [5, 5.41) is 0. The Labute approximate surface area is 154 Å². The van der Waals surface area contributed by atoms with E-state index in [-0.39, 0.29) is 35.8 Å². The molecule has 4 atom stereocenters. The molecule has 144 valence electrons. The van der Waals surface area contributed by atoms with Crippen molar-refractivity contribution in [3.8, 4) is 0 Å². The maximum Gasteiger partial charge on any atom is 0.333 e. The molecular weight excluding hydrogens is 338 g/mol. The number of likely N-dealkylation sites (N-methyl/N-ethyl adjacent to an activating group) is 1. The minimum absolute atomic E-state index is 0.0201. The topological polar surface area (TPSA) is 82.1 Å². The van der Waals surface area contributed by atoms with Crippen molar-refractivity contribution in [2.75, 3.05) is 14.2 Å². The van der Waals surface area contributed by atoms with E-state index < -0.39 is 11.9 Å². The second kappa shape index (κ2) is 8.49. The summed E-state index contributed by atoms with van der Waals surface area (Å²) in [6.07, 6.45) is 4.18. The summed E-state index contributed by atoms with van der Waals surface area (Å²) in [5.74, 6) is -1.45. The van der Waals surface area contributed by atoms with Gasteiger partial charge in [-0.05, 0) is 27.8 Å². The van der Waals surface area contributed by atoms with Crippen LogP contribution in [0.2, 0.25) is 0 Å². The number of methoxy groups -OCH3 is 1. The fourth-order valence-electron chi connectivity index (χ4n) is 3.61. The summed E-state index contributed by atoms with van der Waals surface area (Å²) < 4.78 is 15.7. The van der Waals surface area contributed by atoms with Crippen molar-refractivity contribution < 1.29 is 28.6 Å². The third-order valence-corrected chi connectivity index (χ3v) is 4.87. The normalized spacial score (nSPS) is 28.3. The second-order valence-electron chi connectivity index (χ2n) is 7.17. The molecule has 2 heterocycles. The van der Waals surface area contributed by atoms with Gasteiger partial charge in [-0.3, -0.25) is 4.90 Å². The first-order chi connectivity index (χ1) is 12.2. The summed E-state index contributed by atoms with van der Waals surface area (Å²) in [4.78, 5) is 37.5. The van der Waals surface area contributed by atoms with Gasteiger partial charge in [-0.15, -0.1) is 0 Å². The molecule has 2 rings (SSSR count). The highest BCUT2D eigenvalue weighted by Gasteiger charge is 2.47. The van der Waals surface area contributed by atoms with Gasteiger partial charge < -0.3 is 14.2 Å². The van der Waals surface area contributed by atoms with Crippen molar-refractivity contribution in [3.05, 3.63) is 23.3 Å². The van der Waals surface area contributed by atoms with Gasteiger partial charge >= 0.3 is 17.9 Å². The molecule has 0 radical (unpaired) electrons. The molecule has 0 unspecified atom stereocenters. The second-order valence-corrected chi connectivity index (χ2v) is 7.17. The molecule has 26 heavy (non-hydrogen) atoms. The molecule has 2 aliphatic rings. The van der Waals surface area contributed by atoms with E-state index in [1.54, 1.807) is 0 Å². The summed E-state index contributed by atoms with van der Waals surface area (Å²) in [5.41, 5.74) is 1.09. The lowest BCUT2D eigenvalue weighted by Crippen LogP contribution is -2.46. The number of ether oxygens (including phenoxy) is 3. The van der Waals surface area contributed by atoms with Crippen molar-refractivity contribution >= 4 is 17.9 Å². The van der Waals surface area contributed by atoms with Gasteiger partial charge in [0, 0.05) is 43.0 Å². The zero-order valence-corrected chi connectivity index (χ0v) is 16.0. The average Bonchev–Trinajstić information content (AvgIpc) is 2.71. The highest BCUT2D eigenvalue weighted by Crippen LogP contribution is 2.37. The fraction of sp³-hybridized carbons (Fsp3) is 0.632. The SMILES string of the molecule is COC(=O)/C(C)=C\C(=O)O[C@@H]1C[C@@H]2C[C@@H](OC(=O)C=C(C)C)[C@H](C1)N2C. The van der Waals surface area contributed by atoms with Crippen LogP contribution in [0.4, 0.5) is 0 Å². The molecule has 0 saturated carbocycles. The fourth-order valence-corrected chi connectivity index (χ4v) is 3.61. The number of nitrogens with zero attached hydrogens (tertiary/aromatic N) is 1. The van der Waals surface area contributed by atoms with Crippen molar-refractivity contribution in [3.63, 3.8) is 0 Å². The molecule has 7 heteroatoms. The molecule has 0 aliphatic carbocycles. The highest BCUT2D eigenvalue weighted by atomic mass is 16.6. The van der Waals surface area contributed by atoms with Crippen molar-refractivity contribution in [2.24, 2.45) is 0 Å². The Morgan fingerprint density at radius 3 is 2.23 bits per heavy atom. The molecule has 2 aliphatic heterocycles. The molecule has 0 aromatic carbocycles. The van der Waals surface area contributed by atoms with Gasteiger partial charge in [0.25, 0.3) is 0 Å². The van der Waals surface area contributed by atoms with E-state index in [4.69, 9.17) is 9.47 Å². The molecule has 0 amide bonds. The van der Waals surface area contributed by atoms with Crippen LogP contribution in [0.3, 0.4) is 0 Å². The van der Waals surface area contributed by atoms with E-state index in [2.05, 4.69) is 9.64 Å². The van der Waals surface area contributed by atoms with E-state index in [1.807, 2.05) is 20.9 Å². The van der Waals surface area contributed by atoms with Crippen LogP contribution in [0.25, 0.3) is 0 Å². The lowest BCUT2D eigenvalue weighted by atomic mass is 10.0. The zero-order chi connectivity index (χ0) is 19.4. The van der Waals surface area contributed by atoms with Crippen LogP contribution in [0, 0.1) is 0 Å². The Morgan fingerprint density at radius 2 is 1.62 bits per heavy atom. The van der Waals surface area contributed by atoms with Gasteiger partial charge in [-0.2, -0.15) is 0 Å². The molecule has 0 aromatic rings. The first-order valence-corrected chi connectivity index (χ1v) is 8.76. The molecule has 7 nitrogen and oxygen atoms in total. The van der Waals surface area contributed by atoms with E-state index in [0.717, 1.165) is 18.1 Å². The van der Waals surface area contributed by atoms with E-state index in [1.165, 1.54) is 20.1 Å². The Kier molecular flexibility index (Phi) is 6.58. The molecule has 2 fully saturated rings. The highest BCUT2D eigenvalue weighted by molar-refractivity contribution is 5.95. The molecular formula is C19H27NO6. The monoisotopic (exact) mass is 365 g/mol. The summed E-state index contributed by atoms with van der Waals surface area (Å²) in [6.45, 7) is 5.20. The van der Waals surface area contributed by atoms with Gasteiger partial charge in [0.05, 0.1) is 13.2 Å². The molecule has 2 saturated heterocycles. The number of hydrogen-bond donors (Lipinski definition) is 0. The van der Waals surface area contributed by atoms with E-state index in [0.29, 0.717) is 12.8 Å². The van der Waals surface area contributed by atoms with Gasteiger partial charge in [0.2, 0.25) is 0 Å². The maximum atomic E-state index is 12.0. The van der Waals surface area contributed by atoms with Gasteiger partial charge in [-0.25, -0.2) is 14.4 Å². The summed E-state index contributed by atoms with van der Waals surface area (Å²) in [6, 6.07) is 0.216. The smallest absolute Gasteiger partial charge is 0.333 e. The lowest BCUT2D eigenvalue weighted by Gasteiger charge is -2.36. The third kappa shape index (κ3) is 4.94. The Balaban J connectivity index is 1.96. The number of rotatable bonds is 5. The number of carbonyl (C=O) groups excluding carboxylic acids is 3. The Hall–Kier alpha value is -2.15. The van der Waals surface area contributed by atoms with E-state index in [9.17, 15) is 14.4 Å². The van der Waals surface area contributed by atoms with Gasteiger partial charge in [0.1, 0.15) is 12.2 Å². The van der Waals surface area contributed by atoms with Crippen LogP contribution >= 0.6 is 0 Å². The minimum atomic E-state index is -0.559. The quantitative estimate of drug-likeness (QED) is 0.417. The number of fused-ring (bicyclic) bond motifs is 2. The largest absolute Gasteiger partial charge is 0.466 e. The number of carbonyl (C=O) groups is 3. The molecule has 2 bridgehead atoms. The number of piperidine rings is 1. The number of hydrogen-bond acceptors (Lipinski definition) is 7. The standard InChI is InChI=1S/C19H27NO6/c1-11(2)6-17(21)26-16-9-13-8-14(10-15(16)20(13)4)25-18(22)7-12(3)19(23)24-5/h6-7,13-16H,8-10H2,1-5H3/b12-7-/t13-,14-,15+,16-/m1/s1. The Morgan fingerprint density at radius 1 is 0.962 bits per heavy atom. The van der Waals surface area contributed by atoms with Crippen molar-refractivity contribution in [2.45, 2.75) is 64.3 Å². The van der Waals surface area contributed by atoms with E-state index >= 15 is 0 Å². The van der Waals surface area contributed by atoms with Crippen LogP contribution in [-0.4, -0.2) is 61.3 Å². The average molecular weight is 365 g/mol. The first-order valence-electron chi connectivity index (χ1n) is 8.76. The Bertz CT molecular complexity index is 634. The number of allylic oxidation sites excluding steroid dienone is 1. The molecule has 0 N–H and O–H groups in total. The molecule has 0 spiro atoms. The predicted octanol–water partition coefficient (Wildman–Crippen LogP) is 1.76. The predicted molar refractivity (Wildman–Crippen MR) is 94.2 cm³/mol. The van der Waals surface area contributed by atoms with Gasteiger partial charge in [-0.1, -0.05) is 5.57 Å². The van der Waals surface area contributed by atoms with Crippen LogP contribution in [0.5, 0.6) is 0 Å². The van der Waals surface area contributed by atoms with Crippen LogP contribution < -0.4 is 0 Å². The van der Waals surface area contributed by atoms with Crippen LogP contribution in [0.15, 0.2) is 23.3 Å².